The molecule has 1 rings (SSSR count). The summed E-state index contributed by atoms with van der Waals surface area (Å²) >= 11 is 5.93. The van der Waals surface area contributed by atoms with Crippen LogP contribution in [0.25, 0.3) is 0 Å². The molecule has 1 aromatic heterocycles. The summed E-state index contributed by atoms with van der Waals surface area (Å²) in [5, 5.41) is 15.7. The zero-order valence-electron chi connectivity index (χ0n) is 9.50. The van der Waals surface area contributed by atoms with Crippen LogP contribution in [0.4, 0.5) is 11.8 Å². The lowest BCUT2D eigenvalue weighted by Gasteiger charge is -2.10. The molecule has 6 heteroatoms. The van der Waals surface area contributed by atoms with Gasteiger partial charge in [-0.25, -0.2) is 4.98 Å². The van der Waals surface area contributed by atoms with E-state index < -0.39 is 0 Å². The number of aliphatic hydroxyl groups excluding tert-OH is 1. The van der Waals surface area contributed by atoms with Crippen molar-refractivity contribution in [3.05, 3.63) is 11.2 Å². The Bertz CT molecular complexity index is 333. The number of nitrogens with zero attached hydrogens (tertiary/aromatic N) is 2. The van der Waals surface area contributed by atoms with Gasteiger partial charge in [0.1, 0.15) is 10.8 Å². The van der Waals surface area contributed by atoms with Crippen molar-refractivity contribution >= 4 is 23.4 Å². The number of hydrogen-bond acceptors (Lipinski definition) is 5. The van der Waals surface area contributed by atoms with Crippen molar-refractivity contribution in [2.75, 3.05) is 23.7 Å². The van der Waals surface area contributed by atoms with Gasteiger partial charge in [0, 0.05) is 13.1 Å². The SMILES string of the molecule is CCNc1ncc(Cl)c(NCCC(C)O)n1. The predicted molar refractivity (Wildman–Crippen MR) is 66.0 cm³/mol. The van der Waals surface area contributed by atoms with Gasteiger partial charge in [0.05, 0.1) is 12.3 Å². The first-order valence-corrected chi connectivity index (χ1v) is 5.69. The molecule has 0 spiro atoms. The van der Waals surface area contributed by atoms with Gasteiger partial charge in [0.25, 0.3) is 0 Å². The van der Waals surface area contributed by atoms with Crippen LogP contribution in [0.15, 0.2) is 6.20 Å². The van der Waals surface area contributed by atoms with Gasteiger partial charge < -0.3 is 15.7 Å². The van der Waals surface area contributed by atoms with Gasteiger partial charge in [-0.3, -0.25) is 0 Å². The standard InChI is InChI=1S/C10H17ClN4O/c1-3-12-10-14-6-8(11)9(15-10)13-5-4-7(2)16/h6-7,16H,3-5H2,1-2H3,(H2,12,13,14,15). The zero-order chi connectivity index (χ0) is 12.0. The van der Waals surface area contributed by atoms with E-state index in [0.717, 1.165) is 6.54 Å². The molecule has 90 valence electrons. The van der Waals surface area contributed by atoms with E-state index in [1.807, 2.05) is 6.92 Å². The Hall–Kier alpha value is -1.07. The number of nitrogens with one attached hydrogen (secondary N) is 2. The molecule has 0 aromatic carbocycles. The van der Waals surface area contributed by atoms with Crippen LogP contribution < -0.4 is 10.6 Å². The van der Waals surface area contributed by atoms with E-state index in [4.69, 9.17) is 16.7 Å². The van der Waals surface area contributed by atoms with Crippen molar-refractivity contribution < 1.29 is 5.11 Å². The van der Waals surface area contributed by atoms with Crippen molar-refractivity contribution in [1.82, 2.24) is 9.97 Å². The Labute approximate surface area is 100 Å². The lowest BCUT2D eigenvalue weighted by atomic mass is 10.3. The largest absolute Gasteiger partial charge is 0.393 e. The highest BCUT2D eigenvalue weighted by Gasteiger charge is 2.04. The van der Waals surface area contributed by atoms with Gasteiger partial charge in [0.2, 0.25) is 5.95 Å². The van der Waals surface area contributed by atoms with Crippen molar-refractivity contribution in [2.24, 2.45) is 0 Å². The van der Waals surface area contributed by atoms with Gasteiger partial charge >= 0.3 is 0 Å². The second-order valence-electron chi connectivity index (χ2n) is 3.48. The van der Waals surface area contributed by atoms with Crippen molar-refractivity contribution in [3.8, 4) is 0 Å². The van der Waals surface area contributed by atoms with Crippen LogP contribution >= 0.6 is 11.6 Å². The molecule has 0 saturated carbocycles. The minimum Gasteiger partial charge on any atom is -0.393 e. The van der Waals surface area contributed by atoms with Gasteiger partial charge in [-0.1, -0.05) is 11.6 Å². The molecule has 5 nitrogen and oxygen atoms in total. The molecule has 0 radical (unpaired) electrons. The van der Waals surface area contributed by atoms with E-state index in [1.165, 1.54) is 0 Å². The third kappa shape index (κ3) is 4.20. The highest BCUT2D eigenvalue weighted by molar-refractivity contribution is 6.32. The van der Waals surface area contributed by atoms with Gasteiger partial charge in [-0.05, 0) is 20.3 Å². The van der Waals surface area contributed by atoms with Crippen LogP contribution in [-0.2, 0) is 0 Å². The Morgan fingerprint density at radius 2 is 2.25 bits per heavy atom. The van der Waals surface area contributed by atoms with E-state index in [0.29, 0.717) is 29.8 Å². The van der Waals surface area contributed by atoms with E-state index in [9.17, 15) is 0 Å². The van der Waals surface area contributed by atoms with Crippen LogP contribution in [0.1, 0.15) is 20.3 Å². The van der Waals surface area contributed by atoms with Crippen LogP contribution in [0.3, 0.4) is 0 Å². The Kier molecular flexibility index (Phi) is 5.28. The predicted octanol–water partition coefficient (Wildman–Crippen LogP) is 1.74. The number of hydrogen-bond donors (Lipinski definition) is 3. The Morgan fingerprint density at radius 3 is 2.88 bits per heavy atom. The average molecular weight is 245 g/mol. The number of halogens is 1. The monoisotopic (exact) mass is 244 g/mol. The minimum atomic E-state index is -0.332. The first kappa shape index (κ1) is 13.0. The molecule has 0 aliphatic carbocycles. The highest BCUT2D eigenvalue weighted by Crippen LogP contribution is 2.19. The fourth-order valence-electron chi connectivity index (χ4n) is 1.13. The topological polar surface area (TPSA) is 70.1 Å². The second-order valence-corrected chi connectivity index (χ2v) is 3.89. The Balaban J connectivity index is 2.59. The normalized spacial score (nSPS) is 12.2. The summed E-state index contributed by atoms with van der Waals surface area (Å²) in [5.74, 6) is 1.14. The summed E-state index contributed by atoms with van der Waals surface area (Å²) in [7, 11) is 0. The maximum absolute atomic E-state index is 9.12. The minimum absolute atomic E-state index is 0.332. The fraction of sp³-hybridized carbons (Fsp3) is 0.600. The van der Waals surface area contributed by atoms with E-state index in [2.05, 4.69) is 20.6 Å². The number of aromatic nitrogens is 2. The summed E-state index contributed by atoms with van der Waals surface area (Å²) < 4.78 is 0. The third-order valence-electron chi connectivity index (χ3n) is 1.93. The molecule has 0 amide bonds. The maximum atomic E-state index is 9.12. The molecule has 0 aliphatic heterocycles. The molecule has 0 fully saturated rings. The average Bonchev–Trinajstić information content (AvgIpc) is 2.22. The van der Waals surface area contributed by atoms with Crippen LogP contribution in [0, 0.1) is 0 Å². The molecule has 0 saturated heterocycles. The van der Waals surface area contributed by atoms with Crippen LogP contribution in [0.2, 0.25) is 5.02 Å². The van der Waals surface area contributed by atoms with Crippen molar-refractivity contribution in [3.63, 3.8) is 0 Å². The van der Waals surface area contributed by atoms with E-state index in [1.54, 1.807) is 13.1 Å². The van der Waals surface area contributed by atoms with Gasteiger partial charge in [0.15, 0.2) is 0 Å². The van der Waals surface area contributed by atoms with Crippen molar-refractivity contribution in [1.29, 1.82) is 0 Å². The molecule has 16 heavy (non-hydrogen) atoms. The number of anilines is 2. The molecular formula is C10H17ClN4O. The van der Waals surface area contributed by atoms with E-state index in [-0.39, 0.29) is 6.10 Å². The maximum Gasteiger partial charge on any atom is 0.224 e. The summed E-state index contributed by atoms with van der Waals surface area (Å²) in [6, 6.07) is 0. The first-order chi connectivity index (χ1) is 7.63. The van der Waals surface area contributed by atoms with Crippen LogP contribution in [0.5, 0.6) is 0 Å². The molecule has 1 unspecified atom stereocenters. The lowest BCUT2D eigenvalue weighted by Crippen LogP contribution is -2.12. The summed E-state index contributed by atoms with van der Waals surface area (Å²) in [4.78, 5) is 8.24. The van der Waals surface area contributed by atoms with Gasteiger partial charge in [-0.2, -0.15) is 4.98 Å². The molecule has 1 heterocycles. The fourth-order valence-corrected chi connectivity index (χ4v) is 1.29. The number of rotatable bonds is 6. The summed E-state index contributed by atoms with van der Waals surface area (Å²) in [6.07, 6.45) is 1.87. The van der Waals surface area contributed by atoms with Crippen LogP contribution in [-0.4, -0.2) is 34.3 Å². The smallest absolute Gasteiger partial charge is 0.224 e. The second kappa shape index (κ2) is 6.50. The lowest BCUT2D eigenvalue weighted by molar-refractivity contribution is 0.188. The van der Waals surface area contributed by atoms with Crippen molar-refractivity contribution in [2.45, 2.75) is 26.4 Å². The van der Waals surface area contributed by atoms with Gasteiger partial charge in [-0.15, -0.1) is 0 Å². The summed E-state index contributed by atoms with van der Waals surface area (Å²) in [6.45, 7) is 5.10. The third-order valence-corrected chi connectivity index (χ3v) is 2.21. The zero-order valence-corrected chi connectivity index (χ0v) is 10.3. The molecular weight excluding hydrogens is 228 g/mol. The molecule has 0 bridgehead atoms. The first-order valence-electron chi connectivity index (χ1n) is 5.31. The Morgan fingerprint density at radius 1 is 1.50 bits per heavy atom. The number of aliphatic hydroxyl groups is 1. The van der Waals surface area contributed by atoms with E-state index >= 15 is 0 Å². The highest BCUT2D eigenvalue weighted by atomic mass is 35.5. The summed E-state index contributed by atoms with van der Waals surface area (Å²) in [5.41, 5.74) is 0. The molecule has 0 aliphatic rings. The molecule has 1 aromatic rings. The molecule has 3 N–H and O–H groups in total. The molecule has 1 atom stereocenters. The quantitative estimate of drug-likeness (QED) is 0.711.